The molecule has 0 radical (unpaired) electrons. The van der Waals surface area contributed by atoms with Gasteiger partial charge in [0.1, 0.15) is 0 Å². The van der Waals surface area contributed by atoms with E-state index < -0.39 is 18.8 Å². The molecule has 0 heterocycles. The molecule has 0 aromatic heterocycles. The van der Waals surface area contributed by atoms with E-state index in [1.807, 2.05) is 121 Å². The molecule has 0 fully saturated rings. The Morgan fingerprint density at radius 2 is 0.714 bits per heavy atom. The van der Waals surface area contributed by atoms with Gasteiger partial charge in [-0.05, 0) is 71.7 Å². The van der Waals surface area contributed by atoms with Crippen molar-refractivity contribution in [2.24, 2.45) is 8.73 Å². The van der Waals surface area contributed by atoms with Gasteiger partial charge in [-0.15, -0.1) is 0 Å². The minimum Gasteiger partial charge on any atom is -0.272 e. The summed E-state index contributed by atoms with van der Waals surface area (Å²) in [7, 11) is -5.07. The summed E-state index contributed by atoms with van der Waals surface area (Å²) in [5.41, 5.74) is 0. The van der Waals surface area contributed by atoms with Gasteiger partial charge in [-0.25, -0.2) is 0 Å². The fourth-order valence-corrected chi connectivity index (χ4v) is 10.9. The van der Waals surface area contributed by atoms with Crippen molar-refractivity contribution in [3.05, 3.63) is 121 Å². The molecule has 0 saturated carbocycles. The van der Waals surface area contributed by atoms with Crippen LogP contribution in [-0.4, -0.2) is 16.1 Å². The molecule has 0 N–H and O–H groups in total. The van der Waals surface area contributed by atoms with Crippen LogP contribution in [0, 0.1) is 0 Å². The van der Waals surface area contributed by atoms with Crippen LogP contribution in [0.15, 0.2) is 150 Å². The first-order valence-corrected chi connectivity index (χ1v) is 14.3. The summed E-state index contributed by atoms with van der Waals surface area (Å²) >= 11 is 0. The molecule has 176 valence electrons. The molecule has 4 aromatic rings. The Hall–Kier alpha value is -3.70. The zero-order valence-electron chi connectivity index (χ0n) is 19.6. The zero-order valence-corrected chi connectivity index (χ0v) is 21.2. The third kappa shape index (κ3) is 5.20. The molecule has 0 saturated heterocycles. The molecule has 4 aromatic carbocycles. The molecule has 35 heavy (non-hydrogen) atoms. The van der Waals surface area contributed by atoms with Gasteiger partial charge in [-0.1, -0.05) is 72.8 Å². The van der Waals surface area contributed by atoms with Crippen molar-refractivity contribution in [3.63, 3.8) is 0 Å². The lowest BCUT2D eigenvalue weighted by Crippen LogP contribution is -2.13. The first-order chi connectivity index (χ1) is 17.0. The van der Waals surface area contributed by atoms with Crippen LogP contribution in [0.3, 0.4) is 0 Å². The number of nitrogens with zero attached hydrogens (tertiary/aromatic N) is 2. The molecule has 0 unspecified atom stereocenters. The van der Waals surface area contributed by atoms with Gasteiger partial charge in [0.15, 0.2) is 0 Å². The van der Waals surface area contributed by atoms with Gasteiger partial charge in [0.2, 0.25) is 11.8 Å². The maximum absolute atomic E-state index is 12.7. The molecule has 0 aliphatic carbocycles. The monoisotopic (exact) mass is 498 g/mol. The highest BCUT2D eigenvalue weighted by Gasteiger charge is 2.19. The standard InChI is InChI=1S/C29H26N2O2S2/c1-24(32)30-34(26-15-7-3-8-16-26,27-17-9-4-10-18-27)23-35(31-25(2)33,28-19-11-5-12-20-28)29-21-13-6-14-22-29/h3-22H,1-2H3. The second-order valence-electron chi connectivity index (χ2n) is 7.72. The minimum absolute atomic E-state index is 0.308. The highest BCUT2D eigenvalue weighted by atomic mass is 32.2. The molecule has 4 rings (SSSR count). The molecule has 0 aliphatic rings. The highest BCUT2D eigenvalue weighted by Crippen LogP contribution is 2.29. The second kappa shape index (κ2) is 10.7. The molecule has 0 bridgehead atoms. The fourth-order valence-electron chi connectivity index (χ4n) is 3.74. The van der Waals surface area contributed by atoms with Crippen LogP contribution in [0.2, 0.25) is 0 Å². The number of carbonyl (C=O) groups excluding carboxylic acids is 2. The lowest BCUT2D eigenvalue weighted by Gasteiger charge is -2.20. The summed E-state index contributed by atoms with van der Waals surface area (Å²) in [4.78, 5) is 28.8. The average molecular weight is 499 g/mol. The molecular weight excluding hydrogens is 472 g/mol. The fraction of sp³-hybridized carbons (Fsp3) is 0.0690. The first-order valence-electron chi connectivity index (χ1n) is 11.1. The van der Waals surface area contributed by atoms with Crippen LogP contribution < -0.4 is 0 Å². The van der Waals surface area contributed by atoms with E-state index in [2.05, 4.69) is 4.31 Å². The summed E-state index contributed by atoms with van der Waals surface area (Å²) in [5.74, 6) is -0.616. The van der Waals surface area contributed by atoms with Crippen molar-refractivity contribution < 1.29 is 9.59 Å². The van der Waals surface area contributed by atoms with Crippen LogP contribution in [0.1, 0.15) is 13.8 Å². The predicted octanol–water partition coefficient (Wildman–Crippen LogP) is 6.63. The van der Waals surface area contributed by atoms with E-state index in [4.69, 9.17) is 8.73 Å². The first kappa shape index (κ1) is 24.4. The Morgan fingerprint density at radius 1 is 0.486 bits per heavy atom. The summed E-state index contributed by atoms with van der Waals surface area (Å²) in [5, 5.41) is 0. The quantitative estimate of drug-likeness (QED) is 0.297. The van der Waals surface area contributed by atoms with Crippen LogP contribution in [-0.2, 0) is 28.4 Å². The number of hydrogen-bond donors (Lipinski definition) is 0. The summed E-state index contributed by atoms with van der Waals surface area (Å²) in [6, 6.07) is 38.9. The predicted molar refractivity (Wildman–Crippen MR) is 145 cm³/mol. The number of rotatable bonds is 4. The topological polar surface area (TPSA) is 58.9 Å². The Kier molecular flexibility index (Phi) is 7.47. The SMILES string of the molecule is CC(=O)N=S(=C=S(=NC(C)=O)(c1ccccc1)c1ccccc1)(c1ccccc1)c1ccccc1. The lowest BCUT2D eigenvalue weighted by molar-refractivity contribution is -0.116. The van der Waals surface area contributed by atoms with E-state index in [1.54, 1.807) is 0 Å². The number of carbonyl (C=O) groups is 2. The van der Waals surface area contributed by atoms with Crippen LogP contribution in [0.25, 0.3) is 0 Å². The van der Waals surface area contributed by atoms with Gasteiger partial charge in [-0.2, -0.15) is 8.73 Å². The number of amides is 2. The van der Waals surface area contributed by atoms with Crippen molar-refractivity contribution in [1.82, 2.24) is 0 Å². The normalized spacial score (nSPS) is 11.3. The van der Waals surface area contributed by atoms with Crippen molar-refractivity contribution in [3.8, 4) is 0 Å². The van der Waals surface area contributed by atoms with E-state index in [9.17, 15) is 9.59 Å². The maximum Gasteiger partial charge on any atom is 0.249 e. The Labute approximate surface area is 207 Å². The smallest absolute Gasteiger partial charge is 0.249 e. The minimum atomic E-state index is -2.54. The second-order valence-corrected chi connectivity index (χ2v) is 13.0. The van der Waals surface area contributed by atoms with Gasteiger partial charge in [0.05, 0.1) is 0 Å². The Bertz CT molecular complexity index is 1400. The van der Waals surface area contributed by atoms with Gasteiger partial charge >= 0.3 is 0 Å². The van der Waals surface area contributed by atoms with Gasteiger partial charge in [0.25, 0.3) is 0 Å². The molecule has 0 spiro atoms. The largest absolute Gasteiger partial charge is 0.272 e. The van der Waals surface area contributed by atoms with Gasteiger partial charge in [0, 0.05) is 33.4 Å². The van der Waals surface area contributed by atoms with Crippen LogP contribution in [0.4, 0.5) is 0 Å². The summed E-state index contributed by atoms with van der Waals surface area (Å²) < 4.78 is 13.4. The summed E-state index contributed by atoms with van der Waals surface area (Å²) in [6.07, 6.45) is 0. The highest BCUT2D eigenvalue weighted by molar-refractivity contribution is 8.16. The van der Waals surface area contributed by atoms with E-state index in [1.165, 1.54) is 13.8 Å². The van der Waals surface area contributed by atoms with Gasteiger partial charge < -0.3 is 0 Å². The Morgan fingerprint density at radius 3 is 0.914 bits per heavy atom. The molecular formula is C29H26N2O2S2. The summed E-state index contributed by atoms with van der Waals surface area (Å²) in [6.45, 7) is 2.92. The zero-order chi connectivity index (χ0) is 24.7. The van der Waals surface area contributed by atoms with Gasteiger partial charge in [-0.3, -0.25) is 9.59 Å². The van der Waals surface area contributed by atoms with E-state index in [-0.39, 0.29) is 11.8 Å². The van der Waals surface area contributed by atoms with Crippen molar-refractivity contribution in [2.45, 2.75) is 33.4 Å². The van der Waals surface area contributed by atoms with E-state index in [0.717, 1.165) is 19.6 Å². The maximum atomic E-state index is 12.7. The molecule has 4 nitrogen and oxygen atoms in total. The third-order valence-corrected chi connectivity index (χ3v) is 11.9. The number of benzene rings is 4. The third-order valence-electron chi connectivity index (χ3n) is 5.11. The molecule has 0 atom stereocenters. The molecule has 6 heteroatoms. The van der Waals surface area contributed by atoms with E-state index in [0.29, 0.717) is 0 Å². The van der Waals surface area contributed by atoms with Crippen molar-refractivity contribution in [2.75, 3.05) is 0 Å². The van der Waals surface area contributed by atoms with Crippen LogP contribution in [0.5, 0.6) is 0 Å². The lowest BCUT2D eigenvalue weighted by atomic mass is 10.4. The number of hydrogen-bond acceptors (Lipinski definition) is 2. The Balaban J connectivity index is 2.51. The van der Waals surface area contributed by atoms with Crippen LogP contribution >= 0.6 is 0 Å². The molecule has 0 aliphatic heterocycles. The van der Waals surface area contributed by atoms with Crippen molar-refractivity contribution in [1.29, 1.82) is 0 Å². The average Bonchev–Trinajstić information content (AvgIpc) is 2.89. The molecule has 2 amide bonds. The van der Waals surface area contributed by atoms with Crippen molar-refractivity contribution >= 4 is 35.0 Å². The van der Waals surface area contributed by atoms with E-state index >= 15 is 0 Å².